The van der Waals surface area contributed by atoms with E-state index >= 15 is 0 Å². The van der Waals surface area contributed by atoms with Crippen molar-refractivity contribution in [3.05, 3.63) is 24.3 Å². The largest absolute Gasteiger partial charge is 0.383 e. The summed E-state index contributed by atoms with van der Waals surface area (Å²) < 4.78 is 5.23. The van der Waals surface area contributed by atoms with Gasteiger partial charge in [-0.05, 0) is 49.3 Å². The van der Waals surface area contributed by atoms with Crippen LogP contribution in [0.25, 0.3) is 0 Å². The Balaban J connectivity index is 1.95. The molecule has 0 spiro atoms. The molecular formula is C16H24N2O2S. The molecule has 1 unspecified atom stereocenters. The van der Waals surface area contributed by atoms with Crippen molar-refractivity contribution in [3.63, 3.8) is 0 Å². The van der Waals surface area contributed by atoms with E-state index in [1.807, 2.05) is 29.2 Å². The number of urea groups is 1. The Bertz CT molecular complexity index is 448. The number of methoxy groups -OCH3 is 1. The number of amides is 2. The maximum absolute atomic E-state index is 12.4. The molecule has 21 heavy (non-hydrogen) atoms. The van der Waals surface area contributed by atoms with Crippen LogP contribution in [0.5, 0.6) is 0 Å². The van der Waals surface area contributed by atoms with Gasteiger partial charge in [0, 0.05) is 24.2 Å². The summed E-state index contributed by atoms with van der Waals surface area (Å²) >= 11 is 1.80. The number of ether oxygens (including phenoxy) is 1. The van der Waals surface area contributed by atoms with Crippen molar-refractivity contribution in [1.82, 2.24) is 4.90 Å². The average molecular weight is 308 g/mol. The minimum atomic E-state index is -0.0207. The Labute approximate surface area is 131 Å². The molecule has 0 aromatic heterocycles. The number of likely N-dealkylation sites (tertiary alicyclic amines) is 1. The van der Waals surface area contributed by atoms with Gasteiger partial charge in [-0.3, -0.25) is 0 Å². The highest BCUT2D eigenvalue weighted by Gasteiger charge is 2.26. The lowest BCUT2D eigenvalue weighted by molar-refractivity contribution is 0.0878. The molecule has 1 fully saturated rings. The fraction of sp³-hybridized carbons (Fsp3) is 0.562. The Morgan fingerprint density at radius 2 is 2.14 bits per heavy atom. The molecule has 2 amide bonds. The van der Waals surface area contributed by atoms with Crippen LogP contribution in [0.15, 0.2) is 29.2 Å². The molecule has 1 atom stereocenters. The van der Waals surface area contributed by atoms with E-state index in [1.54, 1.807) is 18.9 Å². The fourth-order valence-electron chi connectivity index (χ4n) is 2.63. The minimum absolute atomic E-state index is 0.0207. The number of carbonyl (C=O) groups excluding carboxylic acids is 1. The summed E-state index contributed by atoms with van der Waals surface area (Å²) in [6.45, 7) is 3.55. The molecular weight excluding hydrogens is 284 g/mol. The van der Waals surface area contributed by atoms with Gasteiger partial charge < -0.3 is 15.0 Å². The van der Waals surface area contributed by atoms with Gasteiger partial charge in [-0.1, -0.05) is 6.92 Å². The van der Waals surface area contributed by atoms with Crippen LogP contribution in [0.2, 0.25) is 0 Å². The summed E-state index contributed by atoms with van der Waals surface area (Å²) in [5.41, 5.74) is 0.849. The van der Waals surface area contributed by atoms with Gasteiger partial charge in [0.15, 0.2) is 0 Å². The molecule has 1 N–H and O–H groups in total. The summed E-state index contributed by atoms with van der Waals surface area (Å²) in [5, 5.41) is 2.99. The van der Waals surface area contributed by atoms with Crippen LogP contribution >= 0.6 is 11.8 Å². The molecule has 0 bridgehead atoms. The zero-order chi connectivity index (χ0) is 15.1. The number of hydrogen-bond donors (Lipinski definition) is 1. The zero-order valence-electron chi connectivity index (χ0n) is 12.8. The first kappa shape index (κ1) is 16.2. The molecule has 1 aliphatic rings. The molecule has 116 valence electrons. The van der Waals surface area contributed by atoms with Crippen molar-refractivity contribution in [2.45, 2.75) is 37.1 Å². The lowest BCUT2D eigenvalue weighted by Crippen LogP contribution is -2.47. The number of thioether (sulfide) groups is 1. The Morgan fingerprint density at radius 3 is 2.81 bits per heavy atom. The average Bonchev–Trinajstić information content (AvgIpc) is 2.50. The van der Waals surface area contributed by atoms with E-state index in [4.69, 9.17) is 4.74 Å². The molecule has 0 aliphatic carbocycles. The quantitative estimate of drug-likeness (QED) is 0.841. The number of nitrogens with one attached hydrogen (secondary N) is 1. The van der Waals surface area contributed by atoms with Crippen molar-refractivity contribution in [2.75, 3.05) is 31.3 Å². The highest BCUT2D eigenvalue weighted by Crippen LogP contribution is 2.22. The van der Waals surface area contributed by atoms with E-state index in [-0.39, 0.29) is 12.1 Å². The molecule has 0 radical (unpaired) electrons. The van der Waals surface area contributed by atoms with E-state index in [9.17, 15) is 4.79 Å². The molecule has 0 saturated carbocycles. The summed E-state index contributed by atoms with van der Waals surface area (Å²) in [4.78, 5) is 15.5. The van der Waals surface area contributed by atoms with Crippen LogP contribution in [-0.2, 0) is 4.74 Å². The second kappa shape index (κ2) is 8.29. The van der Waals surface area contributed by atoms with Crippen molar-refractivity contribution >= 4 is 23.5 Å². The highest BCUT2D eigenvalue weighted by atomic mass is 32.2. The number of nitrogens with zero attached hydrogens (tertiary/aromatic N) is 1. The highest BCUT2D eigenvalue weighted by molar-refractivity contribution is 7.99. The second-order valence-electron chi connectivity index (χ2n) is 5.19. The van der Waals surface area contributed by atoms with E-state index in [0.29, 0.717) is 6.61 Å². The Kier molecular flexibility index (Phi) is 6.39. The van der Waals surface area contributed by atoms with Crippen LogP contribution in [0.3, 0.4) is 0 Å². The number of carbonyl (C=O) groups is 1. The predicted octanol–water partition coefficient (Wildman–Crippen LogP) is 3.83. The summed E-state index contributed by atoms with van der Waals surface area (Å²) in [6, 6.07) is 8.20. The monoisotopic (exact) mass is 308 g/mol. The normalized spacial score (nSPS) is 18.6. The SMILES string of the molecule is CCSc1ccc(NC(=O)N2CCCCC2COC)cc1. The van der Waals surface area contributed by atoms with E-state index in [1.165, 1.54) is 11.3 Å². The fourth-order valence-corrected chi connectivity index (χ4v) is 3.29. The third-order valence-electron chi connectivity index (χ3n) is 3.66. The molecule has 4 nitrogen and oxygen atoms in total. The smallest absolute Gasteiger partial charge is 0.322 e. The molecule has 1 aromatic carbocycles. The van der Waals surface area contributed by atoms with Crippen LogP contribution in [0.4, 0.5) is 10.5 Å². The van der Waals surface area contributed by atoms with Gasteiger partial charge in [0.2, 0.25) is 0 Å². The van der Waals surface area contributed by atoms with Gasteiger partial charge in [-0.2, -0.15) is 0 Å². The first-order chi connectivity index (χ1) is 10.2. The third-order valence-corrected chi connectivity index (χ3v) is 4.56. The number of piperidine rings is 1. The van der Waals surface area contributed by atoms with Crippen LogP contribution in [0, 0.1) is 0 Å². The summed E-state index contributed by atoms with van der Waals surface area (Å²) in [5.74, 6) is 1.05. The Hall–Kier alpha value is -1.20. The standard InChI is InChI=1S/C16H24N2O2S/c1-3-21-15-9-7-13(8-10-15)17-16(19)18-11-5-4-6-14(18)12-20-2/h7-10,14H,3-6,11-12H2,1-2H3,(H,17,19). The van der Waals surface area contributed by atoms with Gasteiger partial charge in [-0.15, -0.1) is 11.8 Å². The molecule has 1 aromatic rings. The maximum atomic E-state index is 12.4. The van der Waals surface area contributed by atoms with E-state index in [0.717, 1.165) is 30.8 Å². The van der Waals surface area contributed by atoms with E-state index in [2.05, 4.69) is 12.2 Å². The molecule has 1 heterocycles. The number of anilines is 1. The summed E-state index contributed by atoms with van der Waals surface area (Å²) in [7, 11) is 1.69. The van der Waals surface area contributed by atoms with Crippen molar-refractivity contribution in [2.24, 2.45) is 0 Å². The molecule has 5 heteroatoms. The van der Waals surface area contributed by atoms with Gasteiger partial charge in [-0.25, -0.2) is 4.79 Å². The van der Waals surface area contributed by atoms with Gasteiger partial charge in [0.1, 0.15) is 0 Å². The van der Waals surface area contributed by atoms with Crippen LogP contribution < -0.4 is 5.32 Å². The second-order valence-corrected chi connectivity index (χ2v) is 6.52. The number of hydrogen-bond acceptors (Lipinski definition) is 3. The van der Waals surface area contributed by atoms with Gasteiger partial charge in [0.25, 0.3) is 0 Å². The first-order valence-corrected chi connectivity index (χ1v) is 8.52. The van der Waals surface area contributed by atoms with Gasteiger partial charge in [0.05, 0.1) is 12.6 Å². The topological polar surface area (TPSA) is 41.6 Å². The third kappa shape index (κ3) is 4.64. The van der Waals surface area contributed by atoms with Gasteiger partial charge >= 0.3 is 6.03 Å². The van der Waals surface area contributed by atoms with Crippen LogP contribution in [0.1, 0.15) is 26.2 Å². The van der Waals surface area contributed by atoms with Crippen LogP contribution in [-0.4, -0.2) is 43.0 Å². The number of rotatable bonds is 5. The van der Waals surface area contributed by atoms with Crippen molar-refractivity contribution < 1.29 is 9.53 Å². The van der Waals surface area contributed by atoms with Crippen molar-refractivity contribution in [1.29, 1.82) is 0 Å². The lowest BCUT2D eigenvalue weighted by atomic mass is 10.0. The molecule has 2 rings (SSSR count). The molecule has 1 aliphatic heterocycles. The minimum Gasteiger partial charge on any atom is -0.383 e. The first-order valence-electron chi connectivity index (χ1n) is 7.54. The Morgan fingerprint density at radius 1 is 1.38 bits per heavy atom. The molecule has 1 saturated heterocycles. The zero-order valence-corrected chi connectivity index (χ0v) is 13.6. The lowest BCUT2D eigenvalue weighted by Gasteiger charge is -2.35. The van der Waals surface area contributed by atoms with E-state index < -0.39 is 0 Å². The predicted molar refractivity (Wildman–Crippen MR) is 88.1 cm³/mol. The number of benzene rings is 1. The van der Waals surface area contributed by atoms with Crippen molar-refractivity contribution in [3.8, 4) is 0 Å². The maximum Gasteiger partial charge on any atom is 0.322 e. The summed E-state index contributed by atoms with van der Waals surface area (Å²) in [6.07, 6.45) is 3.26.